The van der Waals surface area contributed by atoms with E-state index < -0.39 is 0 Å². The maximum Gasteiger partial charge on any atom is 0.211 e. The fourth-order valence-corrected chi connectivity index (χ4v) is 3.61. The van der Waals surface area contributed by atoms with E-state index in [0.29, 0.717) is 0 Å². The summed E-state index contributed by atoms with van der Waals surface area (Å²) in [4.78, 5) is 41.8. The van der Waals surface area contributed by atoms with Gasteiger partial charge in [-0.3, -0.25) is 20.2 Å². The summed E-state index contributed by atoms with van der Waals surface area (Å²) in [5.74, 6) is -1.43. The molecule has 0 N–H and O–H groups in total. The first-order valence-corrected chi connectivity index (χ1v) is 11.3. The Kier molecular flexibility index (Phi) is 11.9. The molecule has 8 nitrogen and oxygen atoms in total. The molecule has 0 aromatic heterocycles. The zero-order valence-corrected chi connectivity index (χ0v) is 20.8. The number of aldehydes is 2. The van der Waals surface area contributed by atoms with Crippen LogP contribution in [0.25, 0.3) is 0 Å². The summed E-state index contributed by atoms with van der Waals surface area (Å²) in [7, 11) is 0. The van der Waals surface area contributed by atoms with Crippen LogP contribution < -0.4 is 0 Å². The van der Waals surface area contributed by atoms with Crippen molar-refractivity contribution in [3.05, 3.63) is 88.8 Å². The van der Waals surface area contributed by atoms with Crippen LogP contribution in [0.1, 0.15) is 36.8 Å². The van der Waals surface area contributed by atoms with Crippen LogP contribution >= 0.6 is 31.9 Å². The first kappa shape index (κ1) is 27.6. The van der Waals surface area contributed by atoms with E-state index in [-0.39, 0.29) is 46.6 Å². The molecule has 0 heterocycles. The minimum atomic E-state index is -0.382. The normalized spacial score (nSPS) is 14.1. The molecule has 0 amide bonds. The summed E-state index contributed by atoms with van der Waals surface area (Å²) in [6.45, 7) is 2.95. The molecular weight excluding hydrogens is 548 g/mol. The van der Waals surface area contributed by atoms with Crippen molar-refractivity contribution in [1.82, 2.24) is 0 Å². The van der Waals surface area contributed by atoms with Crippen LogP contribution in [0.3, 0.4) is 0 Å². The van der Waals surface area contributed by atoms with Crippen molar-refractivity contribution in [3.63, 3.8) is 0 Å². The summed E-state index contributed by atoms with van der Waals surface area (Å²) in [6.07, 6.45) is 1.52. The molecule has 4 atom stereocenters. The third-order valence-corrected chi connectivity index (χ3v) is 6.04. The van der Waals surface area contributed by atoms with Gasteiger partial charge < -0.3 is 9.59 Å². The Morgan fingerprint density at radius 2 is 1.00 bits per heavy atom. The van der Waals surface area contributed by atoms with Gasteiger partial charge in [-0.15, -0.1) is 0 Å². The molecular formula is C22H24Br2N2O6. The number of carbonyl (C=O) groups is 2. The molecule has 0 bridgehead atoms. The van der Waals surface area contributed by atoms with Gasteiger partial charge in [0.1, 0.15) is 12.6 Å². The van der Waals surface area contributed by atoms with Crippen molar-refractivity contribution in [2.45, 2.75) is 25.7 Å². The molecule has 32 heavy (non-hydrogen) atoms. The second-order valence-electron chi connectivity index (χ2n) is 7.34. The number of carbonyl (C=O) groups excluding carboxylic acids is 2. The Morgan fingerprint density at radius 3 is 1.22 bits per heavy atom. The summed E-state index contributed by atoms with van der Waals surface area (Å²) < 4.78 is 1.82. The van der Waals surface area contributed by atoms with Crippen LogP contribution in [0.5, 0.6) is 0 Å². The summed E-state index contributed by atoms with van der Waals surface area (Å²) in [5.41, 5.74) is 1.64. The highest BCUT2D eigenvalue weighted by molar-refractivity contribution is 9.10. The number of halogens is 2. The van der Waals surface area contributed by atoms with Crippen LogP contribution in [-0.2, 0) is 9.59 Å². The zero-order chi connectivity index (χ0) is 24.3. The van der Waals surface area contributed by atoms with E-state index in [9.17, 15) is 29.8 Å². The second-order valence-corrected chi connectivity index (χ2v) is 9.17. The molecule has 2 rings (SSSR count). The Labute approximate surface area is 203 Å². The fraction of sp³-hybridized carbons (Fsp3) is 0.364. The highest BCUT2D eigenvalue weighted by Gasteiger charge is 2.25. The molecule has 0 saturated carbocycles. The van der Waals surface area contributed by atoms with E-state index in [2.05, 4.69) is 31.9 Å². The van der Waals surface area contributed by atoms with Crippen molar-refractivity contribution in [2.24, 2.45) is 11.8 Å². The minimum Gasteiger partial charge on any atom is -0.303 e. The van der Waals surface area contributed by atoms with Gasteiger partial charge >= 0.3 is 0 Å². The molecule has 10 heteroatoms. The van der Waals surface area contributed by atoms with Gasteiger partial charge in [0.05, 0.1) is 11.8 Å². The predicted molar refractivity (Wildman–Crippen MR) is 128 cm³/mol. The van der Waals surface area contributed by atoms with Gasteiger partial charge in [-0.2, -0.15) is 0 Å². The Balaban J connectivity index is 0.000000320. The smallest absolute Gasteiger partial charge is 0.211 e. The third kappa shape index (κ3) is 9.35. The SMILES string of the molecule is C[C@H](C=O)[C@@H](C[N+](=O)[O-])c1ccc(Br)cc1.C[C@H](C=O)[C@@H](C[N+](=O)[O-])c1ccc(Br)cc1. The van der Waals surface area contributed by atoms with E-state index in [0.717, 1.165) is 32.6 Å². The van der Waals surface area contributed by atoms with E-state index in [4.69, 9.17) is 0 Å². The van der Waals surface area contributed by atoms with Crippen LogP contribution in [0.2, 0.25) is 0 Å². The summed E-state index contributed by atoms with van der Waals surface area (Å²) in [5, 5.41) is 21.1. The molecule has 2 aromatic rings. The Morgan fingerprint density at radius 1 is 0.719 bits per heavy atom. The Bertz CT molecular complexity index is 830. The molecule has 0 radical (unpaired) electrons. The number of hydrogen-bond acceptors (Lipinski definition) is 6. The van der Waals surface area contributed by atoms with Gasteiger partial charge in [0.2, 0.25) is 13.1 Å². The van der Waals surface area contributed by atoms with Crippen molar-refractivity contribution in [1.29, 1.82) is 0 Å². The van der Waals surface area contributed by atoms with E-state index in [1.165, 1.54) is 0 Å². The summed E-state index contributed by atoms with van der Waals surface area (Å²) >= 11 is 6.59. The maximum atomic E-state index is 10.7. The first-order valence-electron chi connectivity index (χ1n) is 9.74. The predicted octanol–water partition coefficient (Wildman–Crippen LogP) is 5.29. The lowest BCUT2D eigenvalue weighted by atomic mass is 9.88. The highest BCUT2D eigenvalue weighted by atomic mass is 79.9. The Hall–Kier alpha value is -2.46. The lowest BCUT2D eigenvalue weighted by molar-refractivity contribution is -0.484. The van der Waals surface area contributed by atoms with Gasteiger partial charge in [0, 0.05) is 30.6 Å². The molecule has 0 aliphatic heterocycles. The maximum absolute atomic E-state index is 10.7. The van der Waals surface area contributed by atoms with Gasteiger partial charge in [-0.05, 0) is 35.4 Å². The van der Waals surface area contributed by atoms with Crippen molar-refractivity contribution in [2.75, 3.05) is 13.1 Å². The monoisotopic (exact) mass is 570 g/mol. The first-order chi connectivity index (χ1) is 15.1. The van der Waals surface area contributed by atoms with Gasteiger partial charge in [0.15, 0.2) is 0 Å². The quantitative estimate of drug-likeness (QED) is 0.217. The number of nitrogens with zero attached hydrogens (tertiary/aromatic N) is 2. The third-order valence-electron chi connectivity index (χ3n) is 4.99. The average molecular weight is 572 g/mol. The lowest BCUT2D eigenvalue weighted by Crippen LogP contribution is -2.20. The van der Waals surface area contributed by atoms with Crippen LogP contribution in [-0.4, -0.2) is 35.5 Å². The molecule has 0 saturated heterocycles. The van der Waals surface area contributed by atoms with E-state index in [1.54, 1.807) is 38.1 Å². The van der Waals surface area contributed by atoms with Crippen molar-refractivity contribution in [3.8, 4) is 0 Å². The number of nitro groups is 2. The number of rotatable bonds is 10. The lowest BCUT2D eigenvalue weighted by Gasteiger charge is -2.16. The molecule has 0 unspecified atom stereocenters. The zero-order valence-electron chi connectivity index (χ0n) is 17.6. The average Bonchev–Trinajstić information content (AvgIpc) is 2.76. The highest BCUT2D eigenvalue weighted by Crippen LogP contribution is 2.26. The van der Waals surface area contributed by atoms with Gasteiger partial charge in [-0.25, -0.2) is 0 Å². The standard InChI is InChI=1S/2C11H12BrNO3/c2*1-8(7-14)11(6-13(15)16)9-2-4-10(12)5-3-9/h2*2-5,7-8,11H,6H2,1H3/t2*8-,11-/m11/s1. The van der Waals surface area contributed by atoms with Crippen LogP contribution in [0.4, 0.5) is 0 Å². The summed E-state index contributed by atoms with van der Waals surface area (Å²) in [6, 6.07) is 14.5. The molecule has 2 aromatic carbocycles. The molecule has 172 valence electrons. The van der Waals surface area contributed by atoms with Gasteiger partial charge in [0.25, 0.3) is 0 Å². The van der Waals surface area contributed by atoms with Crippen molar-refractivity contribution >= 4 is 44.4 Å². The second kappa shape index (κ2) is 13.8. The van der Waals surface area contributed by atoms with E-state index in [1.807, 2.05) is 24.3 Å². The molecule has 0 aliphatic rings. The van der Waals surface area contributed by atoms with E-state index >= 15 is 0 Å². The van der Waals surface area contributed by atoms with Crippen molar-refractivity contribution < 1.29 is 19.4 Å². The largest absolute Gasteiger partial charge is 0.303 e. The van der Waals surface area contributed by atoms with Gasteiger partial charge in [-0.1, -0.05) is 70.0 Å². The molecule has 0 fully saturated rings. The molecule has 0 aliphatic carbocycles. The topological polar surface area (TPSA) is 120 Å². The number of hydrogen-bond donors (Lipinski definition) is 0. The fourth-order valence-electron chi connectivity index (χ4n) is 3.08. The minimum absolute atomic E-state index is 0.221. The number of benzene rings is 2. The molecule has 0 spiro atoms. The van der Waals surface area contributed by atoms with Crippen LogP contribution in [0, 0.1) is 32.1 Å². The van der Waals surface area contributed by atoms with Crippen LogP contribution in [0.15, 0.2) is 57.5 Å².